The molecule has 0 radical (unpaired) electrons. The van der Waals surface area contributed by atoms with E-state index >= 15 is 0 Å². The molecule has 1 unspecified atom stereocenters. The van der Waals surface area contributed by atoms with Crippen molar-refractivity contribution in [2.24, 2.45) is 5.92 Å². The SMILES string of the molecule is O=C(NC1CN2CCCC[C@@]2(C(=O)N2CCOCC2)C1)C1CCOCC1. The van der Waals surface area contributed by atoms with Gasteiger partial charge in [-0.2, -0.15) is 0 Å². The molecule has 4 rings (SSSR count). The molecule has 146 valence electrons. The first-order chi connectivity index (χ1) is 12.7. The van der Waals surface area contributed by atoms with Gasteiger partial charge in [-0.05, 0) is 45.1 Å². The maximum Gasteiger partial charge on any atom is 0.243 e. The molecule has 0 aromatic heterocycles. The number of rotatable bonds is 3. The number of carbonyl (C=O) groups excluding carboxylic acids is 2. The van der Waals surface area contributed by atoms with E-state index in [4.69, 9.17) is 9.47 Å². The van der Waals surface area contributed by atoms with Crippen LogP contribution in [0.15, 0.2) is 0 Å². The minimum absolute atomic E-state index is 0.0623. The molecule has 0 spiro atoms. The normalized spacial score (nSPS) is 33.7. The Labute approximate surface area is 155 Å². The lowest BCUT2D eigenvalue weighted by atomic mass is 9.84. The number of fused-ring (bicyclic) bond motifs is 1. The van der Waals surface area contributed by atoms with Crippen LogP contribution in [-0.2, 0) is 19.1 Å². The van der Waals surface area contributed by atoms with Crippen LogP contribution in [0.4, 0.5) is 0 Å². The molecule has 7 heteroatoms. The van der Waals surface area contributed by atoms with Gasteiger partial charge in [-0.25, -0.2) is 0 Å². The molecule has 7 nitrogen and oxygen atoms in total. The van der Waals surface area contributed by atoms with Crippen LogP contribution in [0, 0.1) is 5.92 Å². The fourth-order valence-electron chi connectivity index (χ4n) is 5.09. The van der Waals surface area contributed by atoms with Gasteiger partial charge in [0.25, 0.3) is 0 Å². The minimum Gasteiger partial charge on any atom is -0.381 e. The van der Waals surface area contributed by atoms with Gasteiger partial charge in [-0.1, -0.05) is 0 Å². The molecule has 0 bridgehead atoms. The Bertz CT molecular complexity index is 531. The van der Waals surface area contributed by atoms with Crippen molar-refractivity contribution in [3.8, 4) is 0 Å². The Hall–Kier alpha value is -1.18. The van der Waals surface area contributed by atoms with Crippen molar-refractivity contribution in [2.75, 3.05) is 52.6 Å². The van der Waals surface area contributed by atoms with Crippen LogP contribution in [0.2, 0.25) is 0 Å². The number of piperidine rings is 1. The molecular formula is C19H31N3O4. The fourth-order valence-corrected chi connectivity index (χ4v) is 5.09. The predicted octanol–water partition coefficient (Wildman–Crippen LogP) is 0.385. The van der Waals surface area contributed by atoms with E-state index in [0.717, 1.165) is 51.6 Å². The number of morpholine rings is 1. The monoisotopic (exact) mass is 365 g/mol. The van der Waals surface area contributed by atoms with E-state index in [1.165, 1.54) is 0 Å². The standard InChI is InChI=1S/C19H31N3O4/c23-17(15-3-9-25-10-4-15)20-16-13-19(5-1-2-6-22(19)14-16)18(24)21-7-11-26-12-8-21/h15-16H,1-14H2,(H,20,23)/t16?,19-/m0/s1. The van der Waals surface area contributed by atoms with Gasteiger partial charge in [-0.3, -0.25) is 14.5 Å². The van der Waals surface area contributed by atoms with Gasteiger partial charge in [-0.15, -0.1) is 0 Å². The van der Waals surface area contributed by atoms with Crippen molar-refractivity contribution < 1.29 is 19.1 Å². The van der Waals surface area contributed by atoms with Crippen LogP contribution in [0.25, 0.3) is 0 Å². The Morgan fingerprint density at radius 2 is 1.69 bits per heavy atom. The lowest BCUT2D eigenvalue weighted by Crippen LogP contribution is -2.60. The van der Waals surface area contributed by atoms with Crippen molar-refractivity contribution in [3.63, 3.8) is 0 Å². The number of hydrogen-bond acceptors (Lipinski definition) is 5. The van der Waals surface area contributed by atoms with Gasteiger partial charge < -0.3 is 19.7 Å². The second-order valence-electron chi connectivity index (χ2n) is 8.14. The second kappa shape index (κ2) is 7.82. The Morgan fingerprint density at radius 1 is 0.962 bits per heavy atom. The molecule has 4 aliphatic rings. The Balaban J connectivity index is 1.43. The lowest BCUT2D eigenvalue weighted by Gasteiger charge is -2.44. The average Bonchev–Trinajstić information content (AvgIpc) is 3.07. The molecule has 4 heterocycles. The maximum atomic E-state index is 13.4. The zero-order valence-corrected chi connectivity index (χ0v) is 15.6. The zero-order valence-electron chi connectivity index (χ0n) is 15.6. The summed E-state index contributed by atoms with van der Waals surface area (Å²) < 4.78 is 10.8. The second-order valence-corrected chi connectivity index (χ2v) is 8.14. The van der Waals surface area contributed by atoms with Crippen LogP contribution in [0.5, 0.6) is 0 Å². The topological polar surface area (TPSA) is 71.1 Å². The van der Waals surface area contributed by atoms with Crippen molar-refractivity contribution in [1.82, 2.24) is 15.1 Å². The first-order valence-corrected chi connectivity index (χ1v) is 10.2. The highest BCUT2D eigenvalue weighted by Crippen LogP contribution is 2.39. The van der Waals surface area contributed by atoms with E-state index in [0.29, 0.717) is 39.5 Å². The van der Waals surface area contributed by atoms with E-state index in [-0.39, 0.29) is 23.8 Å². The van der Waals surface area contributed by atoms with E-state index in [1.807, 2.05) is 4.90 Å². The highest BCUT2D eigenvalue weighted by molar-refractivity contribution is 5.87. The highest BCUT2D eigenvalue weighted by atomic mass is 16.5. The van der Waals surface area contributed by atoms with Crippen molar-refractivity contribution >= 4 is 11.8 Å². The third-order valence-corrected chi connectivity index (χ3v) is 6.53. The smallest absolute Gasteiger partial charge is 0.243 e. The molecule has 4 fully saturated rings. The maximum absolute atomic E-state index is 13.4. The van der Waals surface area contributed by atoms with Gasteiger partial charge in [0, 0.05) is 44.8 Å². The highest BCUT2D eigenvalue weighted by Gasteiger charge is 2.53. The van der Waals surface area contributed by atoms with Gasteiger partial charge >= 0.3 is 0 Å². The van der Waals surface area contributed by atoms with Crippen LogP contribution < -0.4 is 5.32 Å². The van der Waals surface area contributed by atoms with Crippen LogP contribution >= 0.6 is 0 Å². The summed E-state index contributed by atoms with van der Waals surface area (Å²) in [5, 5.41) is 3.26. The molecule has 2 atom stereocenters. The van der Waals surface area contributed by atoms with E-state index in [2.05, 4.69) is 10.2 Å². The van der Waals surface area contributed by atoms with Crippen LogP contribution in [0.3, 0.4) is 0 Å². The van der Waals surface area contributed by atoms with E-state index in [1.54, 1.807) is 0 Å². The predicted molar refractivity (Wildman–Crippen MR) is 95.6 cm³/mol. The molecule has 0 aromatic rings. The number of ether oxygens (including phenoxy) is 2. The first-order valence-electron chi connectivity index (χ1n) is 10.2. The third-order valence-electron chi connectivity index (χ3n) is 6.53. The van der Waals surface area contributed by atoms with Gasteiger partial charge in [0.05, 0.1) is 13.2 Å². The third kappa shape index (κ3) is 3.49. The fraction of sp³-hybridized carbons (Fsp3) is 0.895. The molecule has 26 heavy (non-hydrogen) atoms. The summed E-state index contributed by atoms with van der Waals surface area (Å²) in [6.07, 6.45) is 5.50. The summed E-state index contributed by atoms with van der Waals surface area (Å²) in [5.74, 6) is 0.461. The average molecular weight is 365 g/mol. The van der Waals surface area contributed by atoms with Crippen LogP contribution in [-0.4, -0.2) is 85.8 Å². The molecule has 0 saturated carbocycles. The van der Waals surface area contributed by atoms with E-state index in [9.17, 15) is 9.59 Å². The van der Waals surface area contributed by atoms with Gasteiger partial charge in [0.2, 0.25) is 11.8 Å². The number of hydrogen-bond donors (Lipinski definition) is 1. The summed E-state index contributed by atoms with van der Waals surface area (Å²) in [6, 6.07) is 0.0773. The summed E-state index contributed by atoms with van der Waals surface area (Å²) in [4.78, 5) is 30.4. The van der Waals surface area contributed by atoms with Gasteiger partial charge in [0.1, 0.15) is 5.54 Å². The number of amides is 2. The van der Waals surface area contributed by atoms with Gasteiger partial charge in [0.15, 0.2) is 0 Å². The summed E-state index contributed by atoms with van der Waals surface area (Å²) in [5.41, 5.74) is -0.413. The number of carbonyl (C=O) groups is 2. The van der Waals surface area contributed by atoms with Crippen molar-refractivity contribution in [1.29, 1.82) is 0 Å². The molecule has 0 aliphatic carbocycles. The summed E-state index contributed by atoms with van der Waals surface area (Å²) >= 11 is 0. The molecule has 2 amide bonds. The van der Waals surface area contributed by atoms with Crippen molar-refractivity contribution in [2.45, 2.75) is 50.1 Å². The number of nitrogens with zero attached hydrogens (tertiary/aromatic N) is 2. The molecule has 1 N–H and O–H groups in total. The first kappa shape index (κ1) is 18.2. The molecule has 0 aromatic carbocycles. The Morgan fingerprint density at radius 3 is 2.46 bits per heavy atom. The lowest BCUT2D eigenvalue weighted by molar-refractivity contribution is -0.149. The van der Waals surface area contributed by atoms with Crippen molar-refractivity contribution in [3.05, 3.63) is 0 Å². The quantitative estimate of drug-likeness (QED) is 0.783. The molecular weight excluding hydrogens is 334 g/mol. The summed E-state index contributed by atoms with van der Waals surface area (Å²) in [7, 11) is 0. The largest absolute Gasteiger partial charge is 0.381 e. The zero-order chi connectivity index (χ0) is 18.0. The van der Waals surface area contributed by atoms with Crippen LogP contribution in [0.1, 0.15) is 38.5 Å². The number of nitrogens with one attached hydrogen (secondary N) is 1. The Kier molecular flexibility index (Phi) is 5.47. The minimum atomic E-state index is -0.413. The molecule has 4 saturated heterocycles. The van der Waals surface area contributed by atoms with E-state index < -0.39 is 5.54 Å². The summed E-state index contributed by atoms with van der Waals surface area (Å²) in [6.45, 7) is 5.74. The molecule has 4 aliphatic heterocycles.